The molecule has 1 atom stereocenters. The van der Waals surface area contributed by atoms with Gasteiger partial charge in [-0.05, 0) is 48.4 Å². The maximum atomic E-state index is 13.2. The minimum atomic E-state index is -0.558. The van der Waals surface area contributed by atoms with Crippen LogP contribution in [0.5, 0.6) is 0 Å². The molecule has 0 spiro atoms. The zero-order chi connectivity index (χ0) is 21.1. The van der Waals surface area contributed by atoms with Gasteiger partial charge in [-0.15, -0.1) is 0 Å². The van der Waals surface area contributed by atoms with E-state index in [1.807, 2.05) is 6.07 Å². The molecular formula is C20H14Cl3N3O2S. The summed E-state index contributed by atoms with van der Waals surface area (Å²) in [5, 5.41) is 13.1. The number of nitrogens with zero attached hydrogens (tertiary/aromatic N) is 2. The molecule has 148 valence electrons. The molecule has 0 aromatic heterocycles. The third-order valence-corrected chi connectivity index (χ3v) is 6.48. The second kappa shape index (κ2) is 9.10. The third-order valence-electron chi connectivity index (χ3n) is 4.22. The van der Waals surface area contributed by atoms with Gasteiger partial charge in [0.2, 0.25) is 5.91 Å². The van der Waals surface area contributed by atoms with Crippen molar-refractivity contribution in [3.8, 4) is 6.07 Å². The molecule has 1 N–H and O–H groups in total. The largest absolute Gasteiger partial charge is 0.354 e. The van der Waals surface area contributed by atoms with Gasteiger partial charge >= 0.3 is 0 Å². The SMILES string of the molecule is CNC(=O)C(C#N)=C1SC(Cc2ccc(Cl)c(Cl)c2)C(=O)N1c1ccc(Cl)cc1. The minimum Gasteiger partial charge on any atom is -0.354 e. The van der Waals surface area contributed by atoms with E-state index in [4.69, 9.17) is 34.8 Å². The van der Waals surface area contributed by atoms with Gasteiger partial charge in [0.25, 0.3) is 5.91 Å². The molecule has 1 aliphatic rings. The first-order chi connectivity index (χ1) is 13.8. The fraction of sp³-hybridized carbons (Fsp3) is 0.150. The highest BCUT2D eigenvalue weighted by atomic mass is 35.5. The van der Waals surface area contributed by atoms with E-state index in [0.717, 1.165) is 5.56 Å². The highest BCUT2D eigenvalue weighted by Crippen LogP contribution is 2.42. The van der Waals surface area contributed by atoms with Crippen molar-refractivity contribution < 1.29 is 9.59 Å². The Hall–Kier alpha value is -2.17. The fourth-order valence-electron chi connectivity index (χ4n) is 2.82. The topological polar surface area (TPSA) is 73.2 Å². The summed E-state index contributed by atoms with van der Waals surface area (Å²) in [6.45, 7) is 0. The van der Waals surface area contributed by atoms with Crippen molar-refractivity contribution in [3.63, 3.8) is 0 Å². The zero-order valence-corrected chi connectivity index (χ0v) is 18.2. The first-order valence-electron chi connectivity index (χ1n) is 8.42. The summed E-state index contributed by atoms with van der Waals surface area (Å²) in [5.41, 5.74) is 1.22. The monoisotopic (exact) mass is 465 g/mol. The molecule has 29 heavy (non-hydrogen) atoms. The summed E-state index contributed by atoms with van der Waals surface area (Å²) in [6, 6.07) is 13.7. The van der Waals surface area contributed by atoms with Gasteiger partial charge in [0.15, 0.2) is 0 Å². The molecule has 0 radical (unpaired) electrons. The number of thioether (sulfide) groups is 1. The summed E-state index contributed by atoms with van der Waals surface area (Å²) in [7, 11) is 1.43. The molecule has 9 heteroatoms. The van der Waals surface area contributed by atoms with Crippen molar-refractivity contribution in [3.05, 3.63) is 73.7 Å². The van der Waals surface area contributed by atoms with Gasteiger partial charge in [-0.25, -0.2) is 0 Å². The Balaban J connectivity index is 2.03. The van der Waals surface area contributed by atoms with Crippen LogP contribution in [0, 0.1) is 11.3 Å². The van der Waals surface area contributed by atoms with Crippen LogP contribution >= 0.6 is 46.6 Å². The Morgan fingerprint density at radius 1 is 1.17 bits per heavy atom. The van der Waals surface area contributed by atoms with Crippen molar-refractivity contribution >= 4 is 64.1 Å². The minimum absolute atomic E-state index is 0.127. The number of anilines is 1. The number of carbonyl (C=O) groups is 2. The van der Waals surface area contributed by atoms with Gasteiger partial charge < -0.3 is 5.32 Å². The number of amides is 2. The number of rotatable bonds is 4. The van der Waals surface area contributed by atoms with Crippen molar-refractivity contribution in [2.45, 2.75) is 11.7 Å². The Labute approximate surface area is 187 Å². The lowest BCUT2D eigenvalue weighted by Gasteiger charge is -2.18. The summed E-state index contributed by atoms with van der Waals surface area (Å²) < 4.78 is 0. The van der Waals surface area contributed by atoms with Crippen LogP contribution in [0.3, 0.4) is 0 Å². The van der Waals surface area contributed by atoms with Crippen LogP contribution in [0.25, 0.3) is 0 Å². The molecule has 1 aliphatic heterocycles. The Morgan fingerprint density at radius 2 is 1.86 bits per heavy atom. The predicted octanol–water partition coefficient (Wildman–Crippen LogP) is 4.82. The summed E-state index contributed by atoms with van der Waals surface area (Å²) in [5.74, 6) is -0.799. The highest BCUT2D eigenvalue weighted by molar-refractivity contribution is 8.05. The van der Waals surface area contributed by atoms with Crippen LogP contribution in [0.2, 0.25) is 15.1 Å². The number of hydrogen-bond acceptors (Lipinski definition) is 4. The number of carbonyl (C=O) groups excluding carboxylic acids is 2. The molecule has 1 fully saturated rings. The number of halogens is 3. The molecule has 1 unspecified atom stereocenters. The smallest absolute Gasteiger partial charge is 0.264 e. The second-order valence-corrected chi connectivity index (χ2v) is 8.52. The van der Waals surface area contributed by atoms with Gasteiger partial charge in [0, 0.05) is 17.8 Å². The standard InChI is InChI=1S/C20H14Cl3N3O2S/c1-25-18(27)14(10-24)20-26(13-5-3-12(21)4-6-13)19(28)17(29-20)9-11-2-7-15(22)16(23)8-11/h2-8,17H,9H2,1H3,(H,25,27). The molecule has 1 heterocycles. The van der Waals surface area contributed by atoms with Crippen LogP contribution in [0.4, 0.5) is 5.69 Å². The number of nitrogens with one attached hydrogen (secondary N) is 1. The molecule has 0 aliphatic carbocycles. The Kier molecular flexibility index (Phi) is 6.76. The number of benzene rings is 2. The van der Waals surface area contributed by atoms with Gasteiger partial charge in [0.1, 0.15) is 16.7 Å². The highest BCUT2D eigenvalue weighted by Gasteiger charge is 2.40. The van der Waals surface area contributed by atoms with E-state index in [1.54, 1.807) is 42.5 Å². The summed E-state index contributed by atoms with van der Waals surface area (Å²) in [6.07, 6.45) is 0.362. The van der Waals surface area contributed by atoms with Crippen molar-refractivity contribution in [2.75, 3.05) is 11.9 Å². The van der Waals surface area contributed by atoms with Crippen molar-refractivity contribution in [1.29, 1.82) is 5.26 Å². The van der Waals surface area contributed by atoms with Crippen molar-refractivity contribution in [1.82, 2.24) is 5.32 Å². The van der Waals surface area contributed by atoms with Gasteiger partial charge in [0.05, 0.1) is 15.3 Å². The average Bonchev–Trinajstić information content (AvgIpc) is 3.01. The maximum absolute atomic E-state index is 13.2. The van der Waals surface area contributed by atoms with Crippen molar-refractivity contribution in [2.24, 2.45) is 0 Å². The van der Waals surface area contributed by atoms with E-state index < -0.39 is 11.2 Å². The van der Waals surface area contributed by atoms with E-state index >= 15 is 0 Å². The molecule has 2 aromatic rings. The van der Waals surface area contributed by atoms with E-state index in [1.165, 1.54) is 23.7 Å². The van der Waals surface area contributed by atoms with Crippen LogP contribution in [0.15, 0.2) is 53.1 Å². The van der Waals surface area contributed by atoms with E-state index in [9.17, 15) is 14.9 Å². The molecular weight excluding hydrogens is 453 g/mol. The first kappa shape index (κ1) is 21.5. The fourth-order valence-corrected chi connectivity index (χ4v) is 4.57. The lowest BCUT2D eigenvalue weighted by molar-refractivity contribution is -0.117. The third kappa shape index (κ3) is 4.54. The van der Waals surface area contributed by atoms with Crippen LogP contribution < -0.4 is 10.2 Å². The average molecular weight is 467 g/mol. The van der Waals surface area contributed by atoms with Gasteiger partial charge in [-0.1, -0.05) is 52.6 Å². The number of hydrogen-bond donors (Lipinski definition) is 1. The van der Waals surface area contributed by atoms with Gasteiger partial charge in [-0.2, -0.15) is 5.26 Å². The van der Waals surface area contributed by atoms with Crippen LogP contribution in [0.1, 0.15) is 5.56 Å². The molecule has 1 saturated heterocycles. The lowest BCUT2D eigenvalue weighted by Crippen LogP contribution is -2.31. The van der Waals surface area contributed by atoms with Crippen LogP contribution in [-0.4, -0.2) is 24.1 Å². The molecule has 2 aromatic carbocycles. The molecule has 0 saturated carbocycles. The normalized spacial score (nSPS) is 17.8. The van der Waals surface area contributed by atoms with E-state index in [2.05, 4.69) is 5.32 Å². The summed E-state index contributed by atoms with van der Waals surface area (Å²) >= 11 is 19.2. The number of likely N-dealkylation sites (N-methyl/N-ethyl adjacent to an activating group) is 1. The molecule has 3 rings (SSSR count). The Morgan fingerprint density at radius 3 is 2.45 bits per heavy atom. The maximum Gasteiger partial charge on any atom is 0.264 e. The van der Waals surface area contributed by atoms with Gasteiger partial charge in [-0.3, -0.25) is 14.5 Å². The number of nitriles is 1. The molecule has 0 bridgehead atoms. The molecule has 2 amide bonds. The Bertz CT molecular complexity index is 1050. The van der Waals surface area contributed by atoms with E-state index in [-0.39, 0.29) is 16.5 Å². The lowest BCUT2D eigenvalue weighted by atomic mass is 10.1. The second-order valence-electron chi connectivity index (χ2n) is 6.08. The first-order valence-corrected chi connectivity index (χ1v) is 10.4. The molecule has 5 nitrogen and oxygen atoms in total. The van der Waals surface area contributed by atoms with Crippen LogP contribution in [-0.2, 0) is 16.0 Å². The zero-order valence-electron chi connectivity index (χ0n) is 15.1. The quantitative estimate of drug-likeness (QED) is 0.518. The van der Waals surface area contributed by atoms with E-state index in [0.29, 0.717) is 27.2 Å². The predicted molar refractivity (Wildman–Crippen MR) is 117 cm³/mol. The summed E-state index contributed by atoms with van der Waals surface area (Å²) in [4.78, 5) is 26.8.